The Morgan fingerprint density at radius 3 is 2.69 bits per heavy atom. The van der Waals surface area contributed by atoms with E-state index in [9.17, 15) is 8.42 Å². The zero-order valence-corrected chi connectivity index (χ0v) is 15.6. The quantitative estimate of drug-likeness (QED) is 0.782. The molecule has 0 amide bonds. The van der Waals surface area contributed by atoms with Crippen LogP contribution in [0.1, 0.15) is 18.4 Å². The Kier molecular flexibility index (Phi) is 5.77. The van der Waals surface area contributed by atoms with Crippen molar-refractivity contribution in [2.45, 2.75) is 17.7 Å². The van der Waals surface area contributed by atoms with Gasteiger partial charge >= 0.3 is 0 Å². The van der Waals surface area contributed by atoms with E-state index in [-0.39, 0.29) is 16.4 Å². The Labute approximate surface area is 158 Å². The molecule has 0 atom stereocenters. The third-order valence-corrected chi connectivity index (χ3v) is 6.65. The number of halogens is 1. The molecule has 0 radical (unpaired) electrons. The van der Waals surface area contributed by atoms with Crippen molar-refractivity contribution in [3.05, 3.63) is 53.3 Å². The normalized spacial score (nSPS) is 16.2. The first kappa shape index (κ1) is 18.6. The Balaban J connectivity index is 1.61. The predicted molar refractivity (Wildman–Crippen MR) is 97.4 cm³/mol. The van der Waals surface area contributed by atoms with E-state index < -0.39 is 10.0 Å². The van der Waals surface area contributed by atoms with Crippen molar-refractivity contribution in [2.75, 3.05) is 19.7 Å². The van der Waals surface area contributed by atoms with Gasteiger partial charge in [0.05, 0.1) is 17.1 Å². The van der Waals surface area contributed by atoms with E-state index in [2.05, 4.69) is 4.98 Å². The van der Waals surface area contributed by atoms with E-state index in [0.717, 1.165) is 0 Å². The number of ether oxygens (including phenoxy) is 1. The minimum Gasteiger partial charge on any atom is -0.492 e. The molecule has 2 aromatic rings. The summed E-state index contributed by atoms with van der Waals surface area (Å²) in [6, 6.07) is 9.95. The summed E-state index contributed by atoms with van der Waals surface area (Å²) < 4.78 is 32.8. The van der Waals surface area contributed by atoms with Crippen LogP contribution in [0.3, 0.4) is 0 Å². The number of nitrogens with zero attached hydrogens (tertiary/aromatic N) is 3. The number of aromatic nitrogens is 1. The molecule has 136 valence electrons. The van der Waals surface area contributed by atoms with Crippen molar-refractivity contribution in [3.8, 4) is 11.8 Å². The number of nitriles is 1. The summed E-state index contributed by atoms with van der Waals surface area (Å²) in [4.78, 5) is 3.98. The molecule has 0 unspecified atom stereocenters. The standard InChI is InChI=1S/C18H18ClN3O3S/c19-16-12-21-8-5-17(16)25-13-14-6-9-22(10-7-14)26(23,24)18-4-2-1-3-15(18)11-20/h1-5,8,12,14H,6-7,9-10,13H2. The summed E-state index contributed by atoms with van der Waals surface area (Å²) in [6.45, 7) is 1.28. The van der Waals surface area contributed by atoms with Crippen molar-refractivity contribution >= 4 is 21.6 Å². The first-order chi connectivity index (χ1) is 12.5. The number of sulfonamides is 1. The van der Waals surface area contributed by atoms with Crippen molar-refractivity contribution in [2.24, 2.45) is 5.92 Å². The molecular formula is C18H18ClN3O3S. The summed E-state index contributed by atoms with van der Waals surface area (Å²) in [7, 11) is -3.66. The van der Waals surface area contributed by atoms with Crippen LogP contribution in [-0.4, -0.2) is 37.4 Å². The molecule has 6 nitrogen and oxygen atoms in total. The SMILES string of the molecule is N#Cc1ccccc1S(=O)(=O)N1CCC(COc2ccncc2Cl)CC1. The maximum Gasteiger partial charge on any atom is 0.244 e. The molecule has 0 N–H and O–H groups in total. The minimum absolute atomic E-state index is 0.0702. The van der Waals surface area contributed by atoms with E-state index in [1.54, 1.807) is 24.4 Å². The summed E-state index contributed by atoms with van der Waals surface area (Å²) >= 11 is 6.02. The van der Waals surface area contributed by atoms with Crippen molar-refractivity contribution in [3.63, 3.8) is 0 Å². The zero-order chi connectivity index (χ0) is 18.6. The van der Waals surface area contributed by atoms with Crippen LogP contribution >= 0.6 is 11.6 Å². The first-order valence-corrected chi connectivity index (χ1v) is 10.1. The monoisotopic (exact) mass is 391 g/mol. The van der Waals surface area contributed by atoms with Gasteiger partial charge in [0.15, 0.2) is 0 Å². The molecule has 2 heterocycles. The van der Waals surface area contributed by atoms with Crippen LogP contribution in [0.25, 0.3) is 0 Å². The number of rotatable bonds is 5. The highest BCUT2D eigenvalue weighted by Gasteiger charge is 2.31. The van der Waals surface area contributed by atoms with Crippen LogP contribution < -0.4 is 4.74 Å². The molecule has 0 saturated carbocycles. The average Bonchev–Trinajstić information content (AvgIpc) is 2.67. The van der Waals surface area contributed by atoms with E-state index >= 15 is 0 Å². The highest BCUT2D eigenvalue weighted by atomic mass is 35.5. The fourth-order valence-corrected chi connectivity index (χ4v) is 4.71. The van der Waals surface area contributed by atoms with Crippen molar-refractivity contribution in [1.29, 1.82) is 5.26 Å². The van der Waals surface area contributed by atoms with Gasteiger partial charge in [0, 0.05) is 31.5 Å². The highest BCUT2D eigenvalue weighted by Crippen LogP contribution is 2.27. The molecule has 1 fully saturated rings. The lowest BCUT2D eigenvalue weighted by atomic mass is 9.99. The van der Waals surface area contributed by atoms with Crippen LogP contribution in [0.5, 0.6) is 5.75 Å². The van der Waals surface area contributed by atoms with Crippen molar-refractivity contribution < 1.29 is 13.2 Å². The molecule has 3 rings (SSSR count). The van der Waals surface area contributed by atoms with E-state index in [1.165, 1.54) is 22.6 Å². The first-order valence-electron chi connectivity index (χ1n) is 8.24. The van der Waals surface area contributed by atoms with Gasteiger partial charge in [-0.1, -0.05) is 23.7 Å². The van der Waals surface area contributed by atoms with Gasteiger partial charge in [-0.15, -0.1) is 0 Å². The van der Waals surface area contributed by atoms with Crippen LogP contribution in [0.2, 0.25) is 5.02 Å². The minimum atomic E-state index is -3.66. The van der Waals surface area contributed by atoms with Gasteiger partial charge in [0.2, 0.25) is 10.0 Å². The lowest BCUT2D eigenvalue weighted by Gasteiger charge is -2.31. The second kappa shape index (κ2) is 8.04. The van der Waals surface area contributed by atoms with E-state index in [1.807, 2.05) is 6.07 Å². The average molecular weight is 392 g/mol. The summed E-state index contributed by atoms with van der Waals surface area (Å²) in [5.74, 6) is 0.830. The molecule has 0 aliphatic carbocycles. The molecule has 1 saturated heterocycles. The topological polar surface area (TPSA) is 83.3 Å². The maximum atomic E-state index is 12.8. The Hall–Kier alpha value is -2.14. The fourth-order valence-electron chi connectivity index (χ4n) is 2.93. The van der Waals surface area contributed by atoms with Gasteiger partial charge in [-0.3, -0.25) is 4.98 Å². The highest BCUT2D eigenvalue weighted by molar-refractivity contribution is 7.89. The number of hydrogen-bond acceptors (Lipinski definition) is 5. The summed E-state index contributed by atoms with van der Waals surface area (Å²) in [6.07, 6.45) is 4.52. The lowest BCUT2D eigenvalue weighted by molar-refractivity contribution is 0.185. The lowest BCUT2D eigenvalue weighted by Crippen LogP contribution is -2.39. The molecule has 26 heavy (non-hydrogen) atoms. The molecule has 1 aromatic heterocycles. The number of hydrogen-bond donors (Lipinski definition) is 0. The van der Waals surface area contributed by atoms with Crippen LogP contribution in [0, 0.1) is 17.2 Å². The van der Waals surface area contributed by atoms with Gasteiger partial charge in [-0.05, 0) is 30.9 Å². The van der Waals surface area contributed by atoms with Crippen LogP contribution in [0.15, 0.2) is 47.6 Å². The Bertz CT molecular complexity index is 919. The van der Waals surface area contributed by atoms with Crippen LogP contribution in [-0.2, 0) is 10.0 Å². The number of piperidine rings is 1. The second-order valence-electron chi connectivity index (χ2n) is 6.07. The summed E-state index contributed by atoms with van der Waals surface area (Å²) in [5.41, 5.74) is 0.172. The molecule has 1 aliphatic heterocycles. The van der Waals surface area contributed by atoms with E-state index in [4.69, 9.17) is 21.6 Å². The zero-order valence-electron chi connectivity index (χ0n) is 14.0. The Morgan fingerprint density at radius 1 is 1.27 bits per heavy atom. The predicted octanol–water partition coefficient (Wildman–Crippen LogP) is 3.09. The van der Waals surface area contributed by atoms with E-state index in [0.29, 0.717) is 43.3 Å². The molecule has 0 spiro atoms. The Morgan fingerprint density at radius 2 is 2.00 bits per heavy atom. The van der Waals surface area contributed by atoms with Gasteiger partial charge in [0.1, 0.15) is 16.8 Å². The maximum absolute atomic E-state index is 12.8. The molecule has 1 aromatic carbocycles. The third kappa shape index (κ3) is 3.98. The van der Waals surface area contributed by atoms with Gasteiger partial charge in [-0.25, -0.2) is 8.42 Å². The smallest absolute Gasteiger partial charge is 0.244 e. The number of benzene rings is 1. The van der Waals surface area contributed by atoms with Gasteiger partial charge < -0.3 is 4.74 Å². The third-order valence-electron chi connectivity index (χ3n) is 4.41. The van der Waals surface area contributed by atoms with Crippen LogP contribution in [0.4, 0.5) is 0 Å². The van der Waals surface area contributed by atoms with Crippen molar-refractivity contribution in [1.82, 2.24) is 9.29 Å². The fraction of sp³-hybridized carbons (Fsp3) is 0.333. The molecular weight excluding hydrogens is 374 g/mol. The van der Waals surface area contributed by atoms with Gasteiger partial charge in [-0.2, -0.15) is 9.57 Å². The molecule has 0 bridgehead atoms. The second-order valence-corrected chi connectivity index (χ2v) is 8.39. The van der Waals surface area contributed by atoms with Gasteiger partial charge in [0.25, 0.3) is 0 Å². The molecule has 8 heteroatoms. The number of pyridine rings is 1. The molecule has 1 aliphatic rings. The largest absolute Gasteiger partial charge is 0.492 e. The summed E-state index contributed by atoms with van der Waals surface area (Å²) in [5, 5.41) is 9.62.